The van der Waals surface area contributed by atoms with Crippen molar-refractivity contribution in [1.82, 2.24) is 4.98 Å². The van der Waals surface area contributed by atoms with E-state index in [1.165, 1.54) is 25.7 Å². The summed E-state index contributed by atoms with van der Waals surface area (Å²) in [6.07, 6.45) is 10.4. The number of anilines is 1. The van der Waals surface area contributed by atoms with Crippen LogP contribution in [0.15, 0.2) is 42.1 Å². The van der Waals surface area contributed by atoms with Gasteiger partial charge in [-0.15, -0.1) is 0 Å². The van der Waals surface area contributed by atoms with E-state index in [9.17, 15) is 5.11 Å². The number of fused-ring (bicyclic) bond motifs is 1. The molecule has 1 aliphatic rings. The zero-order valence-electron chi connectivity index (χ0n) is 11.6. The lowest BCUT2D eigenvalue weighted by atomic mass is 9.97. The van der Waals surface area contributed by atoms with E-state index in [-0.39, 0.29) is 5.75 Å². The van der Waals surface area contributed by atoms with Crippen LogP contribution in [0.4, 0.5) is 5.82 Å². The maximum atomic E-state index is 9.62. The molecule has 1 heterocycles. The molecule has 1 aromatic heterocycles. The van der Waals surface area contributed by atoms with Crippen molar-refractivity contribution in [3.05, 3.63) is 42.1 Å². The number of rotatable bonds is 4. The lowest BCUT2D eigenvalue weighted by Crippen LogP contribution is -2.06. The SMILES string of the molecule is Oc1ccc2ccnc(NCCC3=CCCCC3)c2c1. The van der Waals surface area contributed by atoms with Crippen LogP contribution in [0.1, 0.15) is 32.1 Å². The van der Waals surface area contributed by atoms with Gasteiger partial charge in [0, 0.05) is 18.1 Å². The Balaban J connectivity index is 1.71. The fourth-order valence-corrected chi connectivity index (χ4v) is 2.77. The quantitative estimate of drug-likeness (QED) is 0.815. The topological polar surface area (TPSA) is 45.2 Å². The van der Waals surface area contributed by atoms with Gasteiger partial charge in [0.2, 0.25) is 0 Å². The van der Waals surface area contributed by atoms with E-state index < -0.39 is 0 Å². The summed E-state index contributed by atoms with van der Waals surface area (Å²) in [5.41, 5.74) is 1.56. The van der Waals surface area contributed by atoms with E-state index in [2.05, 4.69) is 16.4 Å². The van der Waals surface area contributed by atoms with Gasteiger partial charge in [-0.25, -0.2) is 4.98 Å². The first-order valence-electron chi connectivity index (χ1n) is 7.32. The number of hydrogen-bond donors (Lipinski definition) is 2. The van der Waals surface area contributed by atoms with E-state index in [0.29, 0.717) is 0 Å². The van der Waals surface area contributed by atoms with Gasteiger partial charge in [0.25, 0.3) is 0 Å². The van der Waals surface area contributed by atoms with Gasteiger partial charge >= 0.3 is 0 Å². The number of phenolic OH excluding ortho intramolecular Hbond substituents is 1. The number of hydrogen-bond acceptors (Lipinski definition) is 3. The molecule has 0 bridgehead atoms. The fraction of sp³-hybridized carbons (Fsp3) is 0.353. The molecule has 0 amide bonds. The van der Waals surface area contributed by atoms with Crippen LogP contribution in [0, 0.1) is 0 Å². The molecule has 0 saturated heterocycles. The molecule has 3 heteroatoms. The Bertz CT molecular complexity index is 634. The standard InChI is InChI=1S/C17H20N2O/c20-15-7-6-14-9-11-19-17(16(14)12-15)18-10-8-13-4-2-1-3-5-13/h4,6-7,9,11-12,20H,1-3,5,8,10H2,(H,18,19). The average molecular weight is 268 g/mol. The number of aromatic nitrogens is 1. The Kier molecular flexibility index (Phi) is 3.86. The van der Waals surface area contributed by atoms with Crippen molar-refractivity contribution in [2.45, 2.75) is 32.1 Å². The molecular weight excluding hydrogens is 248 g/mol. The van der Waals surface area contributed by atoms with Crippen molar-refractivity contribution in [3.63, 3.8) is 0 Å². The Morgan fingerprint density at radius 3 is 3.00 bits per heavy atom. The number of nitrogens with one attached hydrogen (secondary N) is 1. The van der Waals surface area contributed by atoms with Gasteiger partial charge in [-0.1, -0.05) is 17.7 Å². The number of nitrogens with zero attached hydrogens (tertiary/aromatic N) is 1. The van der Waals surface area contributed by atoms with E-state index in [0.717, 1.165) is 29.6 Å². The molecule has 0 fully saturated rings. The Morgan fingerprint density at radius 1 is 1.20 bits per heavy atom. The molecule has 2 aromatic rings. The number of pyridine rings is 1. The zero-order chi connectivity index (χ0) is 13.8. The van der Waals surface area contributed by atoms with Crippen LogP contribution in [0.5, 0.6) is 5.75 Å². The monoisotopic (exact) mass is 268 g/mol. The molecule has 1 aliphatic carbocycles. The second kappa shape index (κ2) is 5.95. The molecule has 0 atom stereocenters. The summed E-state index contributed by atoms with van der Waals surface area (Å²) >= 11 is 0. The summed E-state index contributed by atoms with van der Waals surface area (Å²) in [5, 5.41) is 15.1. The van der Waals surface area contributed by atoms with Crippen molar-refractivity contribution >= 4 is 16.6 Å². The van der Waals surface area contributed by atoms with Gasteiger partial charge in [-0.2, -0.15) is 0 Å². The minimum absolute atomic E-state index is 0.281. The predicted octanol–water partition coefficient (Wildman–Crippen LogP) is 4.24. The maximum Gasteiger partial charge on any atom is 0.133 e. The lowest BCUT2D eigenvalue weighted by molar-refractivity contribution is 0.476. The summed E-state index contributed by atoms with van der Waals surface area (Å²) in [7, 11) is 0. The highest BCUT2D eigenvalue weighted by Crippen LogP contribution is 2.25. The van der Waals surface area contributed by atoms with Gasteiger partial charge in [-0.05, 0) is 55.7 Å². The first-order valence-corrected chi connectivity index (χ1v) is 7.32. The normalized spacial score (nSPS) is 15.1. The van der Waals surface area contributed by atoms with Crippen LogP contribution in [-0.4, -0.2) is 16.6 Å². The van der Waals surface area contributed by atoms with Crippen LogP contribution >= 0.6 is 0 Å². The van der Waals surface area contributed by atoms with E-state index in [4.69, 9.17) is 0 Å². The lowest BCUT2D eigenvalue weighted by Gasteiger charge is -2.14. The van der Waals surface area contributed by atoms with Crippen LogP contribution < -0.4 is 5.32 Å². The minimum Gasteiger partial charge on any atom is -0.508 e. The molecule has 0 spiro atoms. The molecule has 0 unspecified atom stereocenters. The van der Waals surface area contributed by atoms with Gasteiger partial charge < -0.3 is 10.4 Å². The van der Waals surface area contributed by atoms with Crippen LogP contribution in [0.3, 0.4) is 0 Å². The molecule has 2 N–H and O–H groups in total. The second-order valence-electron chi connectivity index (χ2n) is 5.35. The number of benzene rings is 1. The predicted molar refractivity (Wildman–Crippen MR) is 83.1 cm³/mol. The number of allylic oxidation sites excluding steroid dienone is 1. The highest BCUT2D eigenvalue weighted by atomic mass is 16.3. The number of aromatic hydroxyl groups is 1. The second-order valence-corrected chi connectivity index (χ2v) is 5.35. The van der Waals surface area contributed by atoms with Crippen LogP contribution in [0.25, 0.3) is 10.8 Å². The third-order valence-corrected chi connectivity index (χ3v) is 3.87. The minimum atomic E-state index is 0.281. The summed E-state index contributed by atoms with van der Waals surface area (Å²) in [5.74, 6) is 1.14. The van der Waals surface area contributed by atoms with Gasteiger partial charge in [0.05, 0.1) is 0 Å². The van der Waals surface area contributed by atoms with Crippen LogP contribution in [0.2, 0.25) is 0 Å². The molecular formula is C17H20N2O. The first kappa shape index (κ1) is 13.0. The third-order valence-electron chi connectivity index (χ3n) is 3.87. The van der Waals surface area contributed by atoms with Crippen molar-refractivity contribution in [2.75, 3.05) is 11.9 Å². The Labute approximate surface area is 119 Å². The molecule has 0 aliphatic heterocycles. The third kappa shape index (κ3) is 2.93. The highest BCUT2D eigenvalue weighted by molar-refractivity contribution is 5.92. The van der Waals surface area contributed by atoms with Gasteiger partial charge in [0.1, 0.15) is 11.6 Å². The average Bonchev–Trinajstić information content (AvgIpc) is 2.49. The van der Waals surface area contributed by atoms with Gasteiger partial charge in [-0.3, -0.25) is 0 Å². The van der Waals surface area contributed by atoms with Crippen molar-refractivity contribution in [3.8, 4) is 5.75 Å². The summed E-state index contributed by atoms with van der Waals surface area (Å²) < 4.78 is 0. The zero-order valence-corrected chi connectivity index (χ0v) is 11.6. The molecule has 3 nitrogen and oxygen atoms in total. The number of phenols is 1. The fourth-order valence-electron chi connectivity index (χ4n) is 2.77. The van der Waals surface area contributed by atoms with Crippen molar-refractivity contribution in [1.29, 1.82) is 0 Å². The molecule has 1 aromatic carbocycles. The summed E-state index contributed by atoms with van der Waals surface area (Å²) in [4.78, 5) is 4.39. The molecule has 3 rings (SSSR count). The first-order chi connectivity index (χ1) is 9.83. The largest absolute Gasteiger partial charge is 0.508 e. The summed E-state index contributed by atoms with van der Waals surface area (Å²) in [6.45, 7) is 0.896. The van der Waals surface area contributed by atoms with Crippen LogP contribution in [-0.2, 0) is 0 Å². The molecule has 104 valence electrons. The van der Waals surface area contributed by atoms with E-state index in [1.807, 2.05) is 18.3 Å². The highest BCUT2D eigenvalue weighted by Gasteiger charge is 2.05. The van der Waals surface area contributed by atoms with Crippen molar-refractivity contribution < 1.29 is 5.11 Å². The van der Waals surface area contributed by atoms with Gasteiger partial charge in [0.15, 0.2) is 0 Å². The molecule has 0 saturated carbocycles. The van der Waals surface area contributed by atoms with E-state index >= 15 is 0 Å². The Hall–Kier alpha value is -2.03. The molecule has 20 heavy (non-hydrogen) atoms. The van der Waals surface area contributed by atoms with Crippen molar-refractivity contribution in [2.24, 2.45) is 0 Å². The molecule has 0 radical (unpaired) electrons. The summed E-state index contributed by atoms with van der Waals surface area (Å²) in [6, 6.07) is 7.36. The van der Waals surface area contributed by atoms with E-state index in [1.54, 1.807) is 17.7 Å². The smallest absolute Gasteiger partial charge is 0.133 e. The maximum absolute atomic E-state index is 9.62. The Morgan fingerprint density at radius 2 is 2.15 bits per heavy atom.